The Morgan fingerprint density at radius 2 is 1.47 bits per heavy atom. The standard InChI is InChI=1S/C41H65N13O10/c1-5-6-9-29-47-35-36(51(29)4)38(50-49-37(35)42)52-17-19-53(20-18-52)40(60)28(8-7-14-45-41(43)61)46-39(59)34(27(2)3)48-31(56)13-21-62-23-25-64-26-24-63-22-15-44-30(55)12-16-54-32(57)10-11-33(54)58/h10-11,27-28,34H,5-9,12-26H2,1-4H3,(H2,42,49)(H,44,55)(H,46,59)(H,48,56)(H3,43,45,61)/t28?,34-/m0/s1. The summed E-state index contributed by atoms with van der Waals surface area (Å²) in [4.78, 5) is 96.5. The van der Waals surface area contributed by atoms with Gasteiger partial charge in [-0.3, -0.25) is 33.7 Å². The molecule has 2 atom stereocenters. The van der Waals surface area contributed by atoms with E-state index in [2.05, 4.69) is 43.3 Å². The minimum absolute atomic E-state index is 0.000953. The first-order valence-electron chi connectivity index (χ1n) is 21.9. The number of imidazole rings is 1. The van der Waals surface area contributed by atoms with Gasteiger partial charge in [0, 0.05) is 84.3 Å². The number of fused-ring (bicyclic) bond motifs is 1. The van der Waals surface area contributed by atoms with Gasteiger partial charge in [0.15, 0.2) is 11.6 Å². The van der Waals surface area contributed by atoms with Crippen LogP contribution in [0.5, 0.6) is 0 Å². The second-order valence-corrected chi connectivity index (χ2v) is 15.7. The number of unbranched alkanes of at least 4 members (excludes halogenated alkanes) is 1. The molecule has 0 aliphatic carbocycles. The molecule has 0 aromatic carbocycles. The van der Waals surface area contributed by atoms with Crippen molar-refractivity contribution in [3.8, 4) is 0 Å². The van der Waals surface area contributed by atoms with E-state index in [1.165, 1.54) is 12.2 Å². The molecule has 8 N–H and O–H groups in total. The lowest BCUT2D eigenvalue weighted by molar-refractivity contribution is -0.138. The third kappa shape index (κ3) is 15.4. The Kier molecular flexibility index (Phi) is 20.6. The Labute approximate surface area is 372 Å². The van der Waals surface area contributed by atoms with Crippen LogP contribution in [0.3, 0.4) is 0 Å². The number of carbonyl (C=O) groups is 7. The summed E-state index contributed by atoms with van der Waals surface area (Å²) in [5, 5.41) is 19.4. The number of imide groups is 1. The van der Waals surface area contributed by atoms with Gasteiger partial charge in [0.25, 0.3) is 11.8 Å². The second-order valence-electron chi connectivity index (χ2n) is 15.7. The number of aromatic nitrogens is 4. The topological polar surface area (TPSA) is 301 Å². The number of nitrogen functional groups attached to an aromatic ring is 1. The Bertz CT molecular complexity index is 1930. The number of nitrogens with zero attached hydrogens (tertiary/aromatic N) is 7. The Hall–Kier alpha value is -5.94. The molecule has 4 rings (SSSR count). The molecule has 0 saturated carbocycles. The van der Waals surface area contributed by atoms with E-state index in [4.69, 9.17) is 30.7 Å². The number of carbonyl (C=O) groups excluding carboxylic acids is 7. The fraction of sp³-hybridized carbons (Fsp3) is 0.659. The van der Waals surface area contributed by atoms with Gasteiger partial charge in [-0.1, -0.05) is 27.2 Å². The molecular formula is C41H65N13O10. The van der Waals surface area contributed by atoms with Crippen molar-refractivity contribution in [2.45, 2.75) is 77.8 Å². The first kappa shape index (κ1) is 50.7. The fourth-order valence-corrected chi connectivity index (χ4v) is 7.05. The molecule has 1 unspecified atom stereocenters. The lowest BCUT2D eigenvalue weighted by Gasteiger charge is -2.37. The summed E-state index contributed by atoms with van der Waals surface area (Å²) >= 11 is 0. The van der Waals surface area contributed by atoms with E-state index < -0.39 is 41.7 Å². The van der Waals surface area contributed by atoms with Crippen LogP contribution in [0, 0.1) is 5.92 Å². The van der Waals surface area contributed by atoms with Crippen LogP contribution in [0.15, 0.2) is 12.2 Å². The number of piperazine rings is 1. The van der Waals surface area contributed by atoms with Crippen molar-refractivity contribution in [1.29, 1.82) is 0 Å². The number of hydrogen-bond acceptors (Lipinski definition) is 15. The van der Waals surface area contributed by atoms with Crippen LogP contribution in [0.2, 0.25) is 0 Å². The first-order valence-corrected chi connectivity index (χ1v) is 21.9. The number of amides is 8. The number of ether oxygens (including phenoxy) is 3. The molecule has 23 nitrogen and oxygen atoms in total. The van der Waals surface area contributed by atoms with Gasteiger partial charge in [0.1, 0.15) is 28.9 Å². The highest BCUT2D eigenvalue weighted by Gasteiger charge is 2.33. The summed E-state index contributed by atoms with van der Waals surface area (Å²) in [6, 6.07) is -2.56. The lowest BCUT2D eigenvalue weighted by Crippen LogP contribution is -2.58. The first-order chi connectivity index (χ1) is 30.7. The van der Waals surface area contributed by atoms with Crippen molar-refractivity contribution < 1.29 is 47.8 Å². The molecule has 2 aliphatic heterocycles. The van der Waals surface area contributed by atoms with Crippen molar-refractivity contribution in [2.24, 2.45) is 18.7 Å². The van der Waals surface area contributed by atoms with Gasteiger partial charge >= 0.3 is 6.03 Å². The zero-order valence-electron chi connectivity index (χ0n) is 37.4. The summed E-state index contributed by atoms with van der Waals surface area (Å²) < 4.78 is 18.5. The Balaban J connectivity index is 1.17. The smallest absolute Gasteiger partial charge is 0.312 e. The number of nitrogens with one attached hydrogen (secondary N) is 4. The number of anilines is 2. The maximum Gasteiger partial charge on any atom is 0.312 e. The number of primary amides is 1. The fourth-order valence-electron chi connectivity index (χ4n) is 7.05. The SMILES string of the molecule is CCCCc1nc2c(N)nnc(N3CCN(C(=O)C(CCCNC(N)=O)NC(=O)[C@@H](NC(=O)CCOCCOCCOCCNC(=O)CCN4C(=O)C=CC4=O)C(C)C)CC3)c2n1C. The van der Waals surface area contributed by atoms with Crippen LogP contribution in [0.1, 0.15) is 65.1 Å². The largest absolute Gasteiger partial charge is 0.380 e. The number of urea groups is 1. The molecule has 64 heavy (non-hydrogen) atoms. The van der Waals surface area contributed by atoms with Crippen LogP contribution >= 0.6 is 0 Å². The monoisotopic (exact) mass is 899 g/mol. The highest BCUT2D eigenvalue weighted by Crippen LogP contribution is 2.29. The van der Waals surface area contributed by atoms with E-state index in [9.17, 15) is 33.6 Å². The van der Waals surface area contributed by atoms with Crippen LogP contribution in [0.4, 0.5) is 16.4 Å². The summed E-state index contributed by atoms with van der Waals surface area (Å²) in [7, 11) is 1.94. The van der Waals surface area contributed by atoms with E-state index in [-0.39, 0.29) is 102 Å². The maximum atomic E-state index is 14.0. The van der Waals surface area contributed by atoms with Crippen molar-refractivity contribution in [3.63, 3.8) is 0 Å². The average Bonchev–Trinajstić information content (AvgIpc) is 3.78. The summed E-state index contributed by atoms with van der Waals surface area (Å²) in [5.41, 5.74) is 12.8. The lowest BCUT2D eigenvalue weighted by atomic mass is 10.0. The predicted octanol–water partition coefficient (Wildman–Crippen LogP) is -1.12. The normalized spacial score (nSPS) is 14.9. The maximum absolute atomic E-state index is 14.0. The third-order valence-corrected chi connectivity index (χ3v) is 10.6. The molecule has 1 saturated heterocycles. The van der Waals surface area contributed by atoms with Gasteiger partial charge in [-0.25, -0.2) is 9.78 Å². The van der Waals surface area contributed by atoms with Gasteiger partial charge < -0.3 is 61.3 Å². The number of rotatable bonds is 28. The number of hydrogen-bond donors (Lipinski definition) is 6. The van der Waals surface area contributed by atoms with Crippen LogP contribution in [-0.2, 0) is 56.4 Å². The minimum Gasteiger partial charge on any atom is -0.380 e. The molecule has 2 aliphatic rings. The minimum atomic E-state index is -0.934. The predicted molar refractivity (Wildman–Crippen MR) is 234 cm³/mol. The number of nitrogens with two attached hydrogens (primary N) is 2. The summed E-state index contributed by atoms with van der Waals surface area (Å²) in [6.45, 7) is 9.15. The molecule has 0 spiro atoms. The van der Waals surface area contributed by atoms with E-state index in [1.807, 2.05) is 11.6 Å². The average molecular weight is 900 g/mol. The molecule has 1 fully saturated rings. The van der Waals surface area contributed by atoms with Crippen molar-refractivity contribution in [1.82, 2.24) is 50.8 Å². The van der Waals surface area contributed by atoms with Crippen LogP contribution in [-0.4, -0.2) is 169 Å². The zero-order valence-corrected chi connectivity index (χ0v) is 37.4. The van der Waals surface area contributed by atoms with Gasteiger partial charge in [-0.05, 0) is 25.2 Å². The van der Waals surface area contributed by atoms with E-state index >= 15 is 0 Å². The number of aryl methyl sites for hydroxylation is 2. The molecule has 4 heterocycles. The summed E-state index contributed by atoms with van der Waals surface area (Å²) in [6.07, 6.45) is 5.71. The molecule has 8 amide bonds. The Morgan fingerprint density at radius 1 is 0.812 bits per heavy atom. The second kappa shape index (κ2) is 26.0. The molecule has 0 bridgehead atoms. The molecule has 2 aromatic heterocycles. The summed E-state index contributed by atoms with van der Waals surface area (Å²) in [5.74, 6) is -0.889. The van der Waals surface area contributed by atoms with Crippen LogP contribution < -0.4 is 37.6 Å². The Morgan fingerprint density at radius 3 is 2.11 bits per heavy atom. The van der Waals surface area contributed by atoms with Crippen LogP contribution in [0.25, 0.3) is 11.0 Å². The molecule has 23 heteroatoms. The van der Waals surface area contributed by atoms with Crippen molar-refractivity contribution >= 4 is 64.1 Å². The van der Waals surface area contributed by atoms with Crippen molar-refractivity contribution in [2.75, 3.05) is 96.1 Å². The molecule has 0 radical (unpaired) electrons. The highest BCUT2D eigenvalue weighted by molar-refractivity contribution is 6.13. The molecule has 2 aromatic rings. The van der Waals surface area contributed by atoms with Crippen molar-refractivity contribution in [3.05, 3.63) is 18.0 Å². The van der Waals surface area contributed by atoms with Gasteiger partial charge in [0.05, 0.1) is 39.6 Å². The van der Waals surface area contributed by atoms with E-state index in [0.717, 1.165) is 35.5 Å². The molecular weight excluding hydrogens is 835 g/mol. The van der Waals surface area contributed by atoms with Gasteiger partial charge in [-0.15, -0.1) is 10.2 Å². The van der Waals surface area contributed by atoms with Gasteiger partial charge in [0.2, 0.25) is 23.6 Å². The van der Waals surface area contributed by atoms with E-state index in [0.29, 0.717) is 43.9 Å². The highest BCUT2D eigenvalue weighted by atomic mass is 16.5. The zero-order chi connectivity index (χ0) is 46.6. The molecule has 354 valence electrons. The quantitative estimate of drug-likeness (QED) is 0.0436. The van der Waals surface area contributed by atoms with E-state index in [1.54, 1.807) is 18.7 Å². The third-order valence-electron chi connectivity index (χ3n) is 10.6. The van der Waals surface area contributed by atoms with Gasteiger partial charge in [-0.2, -0.15) is 0 Å².